The molecule has 1 unspecified atom stereocenters. The van der Waals surface area contributed by atoms with Crippen molar-refractivity contribution in [1.82, 2.24) is 15.5 Å². The van der Waals surface area contributed by atoms with Crippen LogP contribution >= 0.6 is 23.4 Å². The molecule has 0 radical (unpaired) electrons. The number of rotatable bonds is 7. The van der Waals surface area contributed by atoms with Crippen molar-refractivity contribution in [3.8, 4) is 0 Å². The van der Waals surface area contributed by atoms with Crippen LogP contribution < -0.4 is 45.3 Å². The zero-order valence-electron chi connectivity index (χ0n) is 20.2. The molecule has 11 nitrogen and oxygen atoms in total. The number of β-lactam (4-membered cyclic amide) rings is 1. The first-order valence-corrected chi connectivity index (χ1v) is 12.3. The minimum atomic E-state index is -1.37. The Morgan fingerprint density at radius 2 is 1.97 bits per heavy atom. The number of allylic oxidation sites excluding steroid dienone is 3. The van der Waals surface area contributed by atoms with Gasteiger partial charge in [-0.1, -0.05) is 29.8 Å². The molecule has 3 aliphatic rings. The van der Waals surface area contributed by atoms with E-state index >= 15 is 0 Å². The summed E-state index contributed by atoms with van der Waals surface area (Å²) in [5.41, 5.74) is 0.0720. The Bertz CT molecular complexity index is 1240. The van der Waals surface area contributed by atoms with E-state index in [0.29, 0.717) is 18.4 Å². The van der Waals surface area contributed by atoms with Gasteiger partial charge >= 0.3 is 29.6 Å². The van der Waals surface area contributed by atoms with E-state index < -0.39 is 62.5 Å². The fraction of sp³-hybridized carbons (Fsp3) is 0.391. The van der Waals surface area contributed by atoms with Crippen molar-refractivity contribution >= 4 is 52.7 Å². The molecule has 14 heteroatoms. The third-order valence-electron chi connectivity index (χ3n) is 6.31. The van der Waals surface area contributed by atoms with Crippen molar-refractivity contribution in [2.75, 3.05) is 0 Å². The van der Waals surface area contributed by atoms with Gasteiger partial charge in [0.05, 0.1) is 16.9 Å². The molecule has 4 atom stereocenters. The van der Waals surface area contributed by atoms with Gasteiger partial charge in [0.2, 0.25) is 11.8 Å². The fourth-order valence-electron chi connectivity index (χ4n) is 4.55. The monoisotopic (exact) mass is 556 g/mol. The van der Waals surface area contributed by atoms with Crippen LogP contribution in [0.3, 0.4) is 0 Å². The molecule has 190 valence electrons. The Kier molecular flexibility index (Phi) is 8.80. The van der Waals surface area contributed by atoms with Crippen molar-refractivity contribution in [2.24, 2.45) is 0 Å². The van der Waals surface area contributed by atoms with Crippen molar-refractivity contribution < 1.29 is 58.8 Å². The summed E-state index contributed by atoms with van der Waals surface area (Å²) in [6.07, 6.45) is 6.43. The normalized spacial score (nSPS) is 24.1. The molecule has 2 saturated heterocycles. The van der Waals surface area contributed by atoms with Gasteiger partial charge in [-0.3, -0.25) is 24.5 Å². The van der Waals surface area contributed by atoms with E-state index in [2.05, 4.69) is 10.6 Å². The second-order valence-corrected chi connectivity index (χ2v) is 11.3. The molecule has 2 fully saturated rings. The van der Waals surface area contributed by atoms with Crippen LogP contribution in [0.5, 0.6) is 0 Å². The number of hydrogen-bond donors (Lipinski definition) is 2. The number of benzene rings is 1. The number of carboxylic acids is 1. The number of carbonyl (C=O) groups excluding carboxylic acids is 4. The Morgan fingerprint density at radius 1 is 1.27 bits per heavy atom. The van der Waals surface area contributed by atoms with E-state index in [1.165, 1.54) is 28.8 Å². The maximum Gasteiger partial charge on any atom is 1.00 e. The van der Waals surface area contributed by atoms with Crippen LogP contribution in [0.4, 0.5) is 5.69 Å². The Hall–Kier alpha value is -2.38. The quantitative estimate of drug-likeness (QED) is 0.127. The van der Waals surface area contributed by atoms with E-state index in [-0.39, 0.29) is 40.1 Å². The molecule has 0 aromatic heterocycles. The van der Waals surface area contributed by atoms with Crippen molar-refractivity contribution in [3.63, 3.8) is 0 Å². The van der Waals surface area contributed by atoms with Crippen LogP contribution in [-0.4, -0.2) is 61.8 Å². The molecule has 1 aliphatic carbocycles. The van der Waals surface area contributed by atoms with E-state index in [1.54, 1.807) is 19.9 Å². The van der Waals surface area contributed by atoms with Crippen LogP contribution in [0.1, 0.15) is 37.0 Å². The van der Waals surface area contributed by atoms with E-state index in [4.69, 9.17) is 11.6 Å². The van der Waals surface area contributed by atoms with Crippen LogP contribution in [0, 0.1) is 10.1 Å². The summed E-state index contributed by atoms with van der Waals surface area (Å²) in [6, 6.07) is 0.292. The molecular formula is C23H22ClN4NaO7S. The van der Waals surface area contributed by atoms with Gasteiger partial charge in [0, 0.05) is 16.4 Å². The zero-order valence-corrected chi connectivity index (χ0v) is 23.8. The molecule has 3 amide bonds. The fourth-order valence-corrected chi connectivity index (χ4v) is 6.36. The number of carboxylic acid groups (broad SMARTS) is 1. The summed E-state index contributed by atoms with van der Waals surface area (Å²) < 4.78 is -0.813. The molecule has 1 aromatic carbocycles. The Labute approximate surface area is 243 Å². The molecule has 37 heavy (non-hydrogen) atoms. The second kappa shape index (κ2) is 11.2. The Morgan fingerprint density at radius 3 is 2.57 bits per heavy atom. The molecule has 2 N–H and O–H groups in total. The van der Waals surface area contributed by atoms with Gasteiger partial charge in [0.25, 0.3) is 11.6 Å². The van der Waals surface area contributed by atoms with Crippen molar-refractivity contribution in [3.05, 3.63) is 62.7 Å². The van der Waals surface area contributed by atoms with Crippen molar-refractivity contribution in [2.45, 2.75) is 54.9 Å². The maximum atomic E-state index is 13.3. The summed E-state index contributed by atoms with van der Waals surface area (Å²) in [4.78, 5) is 62.4. The molecule has 1 aromatic rings. The third kappa shape index (κ3) is 5.58. The first-order chi connectivity index (χ1) is 16.9. The predicted octanol–water partition coefficient (Wildman–Crippen LogP) is -2.08. The molecule has 0 spiro atoms. The number of halogens is 1. The SMILES string of the molecule is CC1(C)S[C@@H]2[C@H](NC(=O)C(NC(=O)c3ccc(Cl)c([N+](=O)[O-])c3)C3=CCC=CC3)C(=O)N2[C@H]1C(=O)[O-].[Na+]. The maximum absolute atomic E-state index is 13.3. The van der Waals surface area contributed by atoms with Crippen molar-refractivity contribution in [1.29, 1.82) is 0 Å². The molecular weight excluding hydrogens is 535 g/mol. The van der Waals surface area contributed by atoms with Gasteiger partial charge in [-0.2, -0.15) is 0 Å². The number of thioether (sulfide) groups is 1. The first-order valence-electron chi connectivity index (χ1n) is 11.0. The van der Waals surface area contributed by atoms with Gasteiger partial charge in [0.1, 0.15) is 22.5 Å². The zero-order chi connectivity index (χ0) is 26.4. The average molecular weight is 557 g/mol. The van der Waals surface area contributed by atoms with Gasteiger partial charge in [-0.15, -0.1) is 11.8 Å². The van der Waals surface area contributed by atoms with E-state index in [0.717, 1.165) is 6.07 Å². The Balaban J connectivity index is 0.00000380. The van der Waals surface area contributed by atoms with Gasteiger partial charge in [-0.05, 0) is 44.4 Å². The number of nitrogens with one attached hydrogen (secondary N) is 2. The molecule has 2 heterocycles. The average Bonchev–Trinajstić information content (AvgIpc) is 3.09. The molecule has 0 bridgehead atoms. The molecule has 2 aliphatic heterocycles. The number of aliphatic carboxylic acids is 1. The topological polar surface area (TPSA) is 162 Å². The predicted molar refractivity (Wildman–Crippen MR) is 129 cm³/mol. The second-order valence-electron chi connectivity index (χ2n) is 9.09. The summed E-state index contributed by atoms with van der Waals surface area (Å²) >= 11 is 7.08. The number of amides is 3. The number of nitro groups is 1. The minimum Gasteiger partial charge on any atom is -0.548 e. The van der Waals surface area contributed by atoms with Crippen LogP contribution in [-0.2, 0) is 14.4 Å². The number of nitrogens with zero attached hydrogens (tertiary/aromatic N) is 2. The largest absolute Gasteiger partial charge is 1.00 e. The van der Waals surface area contributed by atoms with Gasteiger partial charge in [0.15, 0.2) is 0 Å². The molecule has 4 rings (SSSR count). The van der Waals surface area contributed by atoms with Gasteiger partial charge in [-0.25, -0.2) is 0 Å². The third-order valence-corrected chi connectivity index (χ3v) is 8.20. The number of fused-ring (bicyclic) bond motifs is 1. The minimum absolute atomic E-state index is 0. The van der Waals surface area contributed by atoms with Gasteiger partial charge < -0.3 is 25.4 Å². The van der Waals surface area contributed by atoms with E-state index in [9.17, 15) is 34.4 Å². The van der Waals surface area contributed by atoms with E-state index in [1.807, 2.05) is 12.2 Å². The van der Waals surface area contributed by atoms with Crippen LogP contribution in [0.2, 0.25) is 5.02 Å². The van der Waals surface area contributed by atoms with Crippen LogP contribution in [0.25, 0.3) is 0 Å². The number of carbonyl (C=O) groups is 4. The number of hydrogen-bond acceptors (Lipinski definition) is 8. The first kappa shape index (κ1) is 29.2. The summed E-state index contributed by atoms with van der Waals surface area (Å²) in [6.45, 7) is 3.38. The standard InChI is InChI=1S/C23H23ClN4O7S.Na/c1-23(2)17(22(32)33)27-20(31)16(21(27)36-23)26-19(30)15(11-6-4-3-5-7-11)25-18(29)12-8-9-13(24)14(10-12)28(34)35;/h3-4,7-10,15-17,21H,5-6H2,1-2H3,(H,25,29)(H,26,30)(H,32,33);/q;+1/p-1/t15?,16-,17+,21-;/m1./s1. The number of nitro benzene ring substituents is 1. The van der Waals surface area contributed by atoms with Crippen LogP contribution in [0.15, 0.2) is 42.0 Å². The molecule has 0 saturated carbocycles. The summed E-state index contributed by atoms with van der Waals surface area (Å²) in [7, 11) is 0. The summed E-state index contributed by atoms with van der Waals surface area (Å²) in [5, 5.41) is 27.4. The smallest absolute Gasteiger partial charge is 0.548 e. The summed E-state index contributed by atoms with van der Waals surface area (Å²) in [5.74, 6) is -3.30.